The minimum absolute atomic E-state index is 0.0166. The van der Waals surface area contributed by atoms with Crippen molar-refractivity contribution >= 4 is 23.4 Å². The summed E-state index contributed by atoms with van der Waals surface area (Å²) in [5.41, 5.74) is 5.43. The first-order valence-electron chi connectivity index (χ1n) is 8.53. The Morgan fingerprint density at radius 3 is 2.26 bits per heavy atom. The molecule has 3 aromatic rings. The summed E-state index contributed by atoms with van der Waals surface area (Å²) >= 11 is 1.14. The lowest BCUT2D eigenvalue weighted by Gasteiger charge is -2.14. The topological polar surface area (TPSA) is 75.6 Å². The minimum atomic E-state index is -0.965. The van der Waals surface area contributed by atoms with E-state index in [1.165, 1.54) is 11.1 Å². The first kappa shape index (κ1) is 17.3. The molecule has 0 fully saturated rings. The molecule has 1 aliphatic carbocycles. The molecular weight excluding hydrogens is 362 g/mol. The Kier molecular flexibility index (Phi) is 4.64. The standard InChI is InChI=1S/C21H17NO4S/c23-20(24)19-9-13(12-27-19)10-22-21(25)26-11-18-16-7-3-1-5-14(16)15-6-2-4-8-17(15)18/h1-9,12,18H,10-11H2,(H,22,25)(H,23,24). The molecule has 0 atom stereocenters. The van der Waals surface area contributed by atoms with Crippen LogP contribution in [-0.4, -0.2) is 23.8 Å². The van der Waals surface area contributed by atoms with Crippen molar-refractivity contribution in [3.05, 3.63) is 81.5 Å². The molecule has 0 saturated heterocycles. The van der Waals surface area contributed by atoms with Gasteiger partial charge in [-0.05, 0) is 39.3 Å². The van der Waals surface area contributed by atoms with Crippen LogP contribution < -0.4 is 5.32 Å². The van der Waals surface area contributed by atoms with Gasteiger partial charge in [0.1, 0.15) is 11.5 Å². The molecule has 136 valence electrons. The van der Waals surface area contributed by atoms with Gasteiger partial charge in [0.2, 0.25) is 0 Å². The van der Waals surface area contributed by atoms with E-state index in [0.717, 1.165) is 28.0 Å². The number of hydrogen-bond acceptors (Lipinski definition) is 4. The van der Waals surface area contributed by atoms with E-state index in [-0.39, 0.29) is 23.9 Å². The number of carbonyl (C=O) groups excluding carboxylic acids is 1. The Labute approximate surface area is 160 Å². The second-order valence-electron chi connectivity index (χ2n) is 6.30. The zero-order chi connectivity index (χ0) is 18.8. The van der Waals surface area contributed by atoms with Gasteiger partial charge in [-0.3, -0.25) is 0 Å². The molecule has 0 spiro atoms. The zero-order valence-corrected chi connectivity index (χ0v) is 15.2. The van der Waals surface area contributed by atoms with Gasteiger partial charge in [0.25, 0.3) is 0 Å². The third-order valence-electron chi connectivity index (χ3n) is 4.65. The van der Waals surface area contributed by atoms with Crippen molar-refractivity contribution in [3.8, 4) is 11.1 Å². The number of thiophene rings is 1. The average molecular weight is 379 g/mol. The lowest BCUT2D eigenvalue weighted by molar-refractivity contribution is 0.0702. The fourth-order valence-electron chi connectivity index (χ4n) is 3.40. The second kappa shape index (κ2) is 7.25. The van der Waals surface area contributed by atoms with E-state index < -0.39 is 12.1 Å². The number of amides is 1. The number of hydrogen-bond donors (Lipinski definition) is 2. The van der Waals surface area contributed by atoms with Crippen LogP contribution in [0.25, 0.3) is 11.1 Å². The molecule has 4 rings (SSSR count). The quantitative estimate of drug-likeness (QED) is 0.685. The number of carboxylic acid groups (broad SMARTS) is 1. The van der Waals surface area contributed by atoms with E-state index >= 15 is 0 Å². The number of aromatic carboxylic acids is 1. The average Bonchev–Trinajstić information content (AvgIpc) is 3.28. The van der Waals surface area contributed by atoms with Crippen LogP contribution >= 0.6 is 11.3 Å². The van der Waals surface area contributed by atoms with Crippen LogP contribution in [-0.2, 0) is 11.3 Å². The molecule has 0 aliphatic heterocycles. The highest BCUT2D eigenvalue weighted by molar-refractivity contribution is 7.12. The number of alkyl carbamates (subject to hydrolysis) is 1. The molecule has 1 aliphatic rings. The van der Waals surface area contributed by atoms with Gasteiger partial charge in [0.15, 0.2) is 0 Å². The fraction of sp³-hybridized carbons (Fsp3) is 0.143. The van der Waals surface area contributed by atoms with Crippen molar-refractivity contribution in [2.24, 2.45) is 0 Å². The summed E-state index contributed by atoms with van der Waals surface area (Å²) in [5.74, 6) is -0.949. The molecule has 1 heterocycles. The number of fused-ring (bicyclic) bond motifs is 3. The Bertz CT molecular complexity index is 965. The van der Waals surface area contributed by atoms with Crippen molar-refractivity contribution in [3.63, 3.8) is 0 Å². The molecule has 0 unspecified atom stereocenters. The van der Waals surface area contributed by atoms with Crippen molar-refractivity contribution in [1.82, 2.24) is 5.32 Å². The van der Waals surface area contributed by atoms with E-state index in [1.54, 1.807) is 11.4 Å². The van der Waals surface area contributed by atoms with Crippen molar-refractivity contribution < 1.29 is 19.4 Å². The number of carbonyl (C=O) groups is 2. The maximum absolute atomic E-state index is 12.1. The molecule has 2 aromatic carbocycles. The lowest BCUT2D eigenvalue weighted by Crippen LogP contribution is -2.25. The van der Waals surface area contributed by atoms with Crippen LogP contribution in [0.3, 0.4) is 0 Å². The van der Waals surface area contributed by atoms with Gasteiger partial charge in [0.05, 0.1) is 0 Å². The van der Waals surface area contributed by atoms with E-state index in [2.05, 4.69) is 29.6 Å². The summed E-state index contributed by atoms with van der Waals surface area (Å²) in [6, 6.07) is 17.9. The third-order valence-corrected chi connectivity index (χ3v) is 5.61. The number of ether oxygens (including phenoxy) is 1. The third kappa shape index (κ3) is 3.44. The van der Waals surface area contributed by atoms with Crippen molar-refractivity contribution in [2.45, 2.75) is 12.5 Å². The number of carboxylic acids is 1. The van der Waals surface area contributed by atoms with Gasteiger partial charge in [0, 0.05) is 12.5 Å². The van der Waals surface area contributed by atoms with E-state index in [4.69, 9.17) is 9.84 Å². The number of rotatable bonds is 5. The Morgan fingerprint density at radius 2 is 1.67 bits per heavy atom. The predicted molar refractivity (Wildman–Crippen MR) is 103 cm³/mol. The summed E-state index contributed by atoms with van der Waals surface area (Å²) in [4.78, 5) is 23.2. The number of benzene rings is 2. The minimum Gasteiger partial charge on any atom is -0.477 e. The summed E-state index contributed by atoms with van der Waals surface area (Å²) in [7, 11) is 0. The van der Waals surface area contributed by atoms with Crippen molar-refractivity contribution in [2.75, 3.05) is 6.61 Å². The Morgan fingerprint density at radius 1 is 1.04 bits per heavy atom. The SMILES string of the molecule is O=C(NCc1csc(C(=O)O)c1)OCC1c2ccccc2-c2ccccc21. The van der Waals surface area contributed by atoms with E-state index in [9.17, 15) is 9.59 Å². The molecule has 1 amide bonds. The van der Waals surface area contributed by atoms with Crippen molar-refractivity contribution in [1.29, 1.82) is 0 Å². The van der Waals surface area contributed by atoms with Crippen LogP contribution in [0.1, 0.15) is 32.3 Å². The van der Waals surface area contributed by atoms with Gasteiger partial charge >= 0.3 is 12.1 Å². The maximum atomic E-state index is 12.1. The highest BCUT2D eigenvalue weighted by Gasteiger charge is 2.28. The summed E-state index contributed by atoms with van der Waals surface area (Å²) in [5, 5.41) is 13.3. The normalized spacial score (nSPS) is 12.3. The largest absolute Gasteiger partial charge is 0.477 e. The highest BCUT2D eigenvalue weighted by atomic mass is 32.1. The smallest absolute Gasteiger partial charge is 0.407 e. The molecule has 1 aromatic heterocycles. The van der Waals surface area contributed by atoms with E-state index in [1.807, 2.05) is 24.3 Å². The molecule has 5 nitrogen and oxygen atoms in total. The Hall–Kier alpha value is -3.12. The molecule has 2 N–H and O–H groups in total. The molecule has 0 saturated carbocycles. The zero-order valence-electron chi connectivity index (χ0n) is 14.3. The second-order valence-corrected chi connectivity index (χ2v) is 7.21. The van der Waals surface area contributed by atoms with Gasteiger partial charge in [-0.25, -0.2) is 9.59 Å². The highest BCUT2D eigenvalue weighted by Crippen LogP contribution is 2.44. The van der Waals surface area contributed by atoms with E-state index in [0.29, 0.717) is 0 Å². The van der Waals surface area contributed by atoms with Crippen LogP contribution in [0, 0.1) is 0 Å². The van der Waals surface area contributed by atoms with Crippen LogP contribution in [0.15, 0.2) is 60.0 Å². The lowest BCUT2D eigenvalue weighted by atomic mass is 9.98. The van der Waals surface area contributed by atoms with Gasteiger partial charge in [-0.1, -0.05) is 48.5 Å². The molecule has 27 heavy (non-hydrogen) atoms. The van der Waals surface area contributed by atoms with Gasteiger partial charge in [-0.15, -0.1) is 11.3 Å². The molecule has 0 radical (unpaired) electrons. The summed E-state index contributed by atoms with van der Waals surface area (Å²) < 4.78 is 5.45. The first-order chi connectivity index (χ1) is 13.1. The fourth-order valence-corrected chi connectivity index (χ4v) is 4.15. The molecule has 6 heteroatoms. The van der Waals surface area contributed by atoms with Gasteiger partial charge < -0.3 is 15.2 Å². The first-order valence-corrected chi connectivity index (χ1v) is 9.41. The Balaban J connectivity index is 1.39. The number of nitrogens with one attached hydrogen (secondary N) is 1. The molecule has 0 bridgehead atoms. The van der Waals surface area contributed by atoms with Gasteiger partial charge in [-0.2, -0.15) is 0 Å². The predicted octanol–water partition coefficient (Wildman–Crippen LogP) is 4.49. The van der Waals surface area contributed by atoms with Crippen LogP contribution in [0.5, 0.6) is 0 Å². The van der Waals surface area contributed by atoms with Crippen LogP contribution in [0.2, 0.25) is 0 Å². The summed E-state index contributed by atoms with van der Waals surface area (Å²) in [6.07, 6.45) is -0.514. The summed E-state index contributed by atoms with van der Waals surface area (Å²) in [6.45, 7) is 0.490. The maximum Gasteiger partial charge on any atom is 0.407 e. The monoisotopic (exact) mass is 379 g/mol. The van der Waals surface area contributed by atoms with Crippen LogP contribution in [0.4, 0.5) is 4.79 Å². The molecular formula is C21H17NO4S.